The number of hydrogen-bond acceptors (Lipinski definition) is 3. The first-order valence-electron chi connectivity index (χ1n) is 5.85. The van der Waals surface area contributed by atoms with Crippen molar-refractivity contribution in [2.45, 2.75) is 13.5 Å². The van der Waals surface area contributed by atoms with E-state index in [1.54, 1.807) is 10.9 Å². The molecule has 0 fully saturated rings. The van der Waals surface area contributed by atoms with Gasteiger partial charge < -0.3 is 10.1 Å². The average Bonchev–Trinajstić information content (AvgIpc) is 2.74. The predicted molar refractivity (Wildman–Crippen MR) is 72.1 cm³/mol. The van der Waals surface area contributed by atoms with Crippen LogP contribution in [-0.2, 0) is 13.6 Å². The monoisotopic (exact) mass is 265 g/mol. The average molecular weight is 266 g/mol. The van der Waals surface area contributed by atoms with E-state index in [-0.39, 0.29) is 0 Å². The summed E-state index contributed by atoms with van der Waals surface area (Å²) in [5.74, 6) is 1.47. The molecule has 1 heterocycles. The topological polar surface area (TPSA) is 39.1 Å². The highest BCUT2D eigenvalue weighted by atomic mass is 35.5. The van der Waals surface area contributed by atoms with Crippen molar-refractivity contribution in [1.82, 2.24) is 15.1 Å². The van der Waals surface area contributed by atoms with Crippen molar-refractivity contribution in [2.75, 3.05) is 6.54 Å². The summed E-state index contributed by atoms with van der Waals surface area (Å²) in [7, 11) is 1.85. The molecule has 0 atom stereocenters. The van der Waals surface area contributed by atoms with Crippen LogP contribution in [0.4, 0.5) is 0 Å². The minimum Gasteiger partial charge on any atom is -0.454 e. The molecule has 5 heteroatoms. The van der Waals surface area contributed by atoms with E-state index in [0.29, 0.717) is 17.3 Å². The Morgan fingerprint density at radius 2 is 2.28 bits per heavy atom. The molecular formula is C13H16ClN3O. The summed E-state index contributed by atoms with van der Waals surface area (Å²) >= 11 is 6.20. The lowest BCUT2D eigenvalue weighted by Gasteiger charge is -2.11. The van der Waals surface area contributed by atoms with Crippen molar-refractivity contribution in [3.63, 3.8) is 0 Å². The largest absolute Gasteiger partial charge is 0.454 e. The third-order valence-corrected chi connectivity index (χ3v) is 2.89. The van der Waals surface area contributed by atoms with Crippen molar-refractivity contribution in [3.8, 4) is 11.5 Å². The summed E-state index contributed by atoms with van der Waals surface area (Å²) in [4.78, 5) is 0. The first-order chi connectivity index (χ1) is 8.70. The third kappa shape index (κ3) is 3.03. The minimum absolute atomic E-state index is 0.686. The van der Waals surface area contributed by atoms with Crippen LogP contribution in [0.15, 0.2) is 30.6 Å². The van der Waals surface area contributed by atoms with E-state index in [9.17, 15) is 0 Å². The number of halogens is 1. The van der Waals surface area contributed by atoms with Gasteiger partial charge >= 0.3 is 0 Å². The highest BCUT2D eigenvalue weighted by Gasteiger charge is 2.09. The van der Waals surface area contributed by atoms with Crippen molar-refractivity contribution in [3.05, 3.63) is 41.2 Å². The first-order valence-corrected chi connectivity index (χ1v) is 6.23. The summed E-state index contributed by atoms with van der Waals surface area (Å²) in [5.41, 5.74) is 0.963. The zero-order chi connectivity index (χ0) is 13.0. The summed E-state index contributed by atoms with van der Waals surface area (Å²) in [5, 5.41) is 8.03. The lowest BCUT2D eigenvalue weighted by Crippen LogP contribution is -2.12. The van der Waals surface area contributed by atoms with Gasteiger partial charge in [0.05, 0.1) is 12.4 Å². The number of hydrogen-bond donors (Lipinski definition) is 1. The van der Waals surface area contributed by atoms with E-state index < -0.39 is 0 Å². The van der Waals surface area contributed by atoms with Gasteiger partial charge in [-0.2, -0.15) is 5.10 Å². The molecule has 0 radical (unpaired) electrons. The zero-order valence-electron chi connectivity index (χ0n) is 10.5. The molecule has 96 valence electrons. The Morgan fingerprint density at radius 3 is 2.94 bits per heavy atom. The molecule has 0 bridgehead atoms. The molecule has 1 aromatic heterocycles. The van der Waals surface area contributed by atoms with E-state index in [0.717, 1.165) is 17.9 Å². The van der Waals surface area contributed by atoms with Gasteiger partial charge in [0, 0.05) is 24.2 Å². The second-order valence-corrected chi connectivity index (χ2v) is 4.36. The molecule has 0 aliphatic carbocycles. The summed E-state index contributed by atoms with van der Waals surface area (Å²) in [6, 6.07) is 5.65. The van der Waals surface area contributed by atoms with Crippen LogP contribution in [0.2, 0.25) is 5.02 Å². The fraction of sp³-hybridized carbons (Fsp3) is 0.308. The lowest BCUT2D eigenvalue weighted by atomic mass is 10.2. The maximum Gasteiger partial charge on any atom is 0.165 e. The number of rotatable bonds is 5. The molecule has 1 N–H and O–H groups in total. The number of aryl methyl sites for hydroxylation is 1. The van der Waals surface area contributed by atoms with Gasteiger partial charge in [0.15, 0.2) is 5.75 Å². The van der Waals surface area contributed by atoms with Gasteiger partial charge in [-0.05, 0) is 18.7 Å². The second-order valence-electron chi connectivity index (χ2n) is 3.95. The van der Waals surface area contributed by atoms with Crippen molar-refractivity contribution >= 4 is 11.6 Å². The molecule has 4 nitrogen and oxygen atoms in total. The van der Waals surface area contributed by atoms with E-state index in [1.807, 2.05) is 31.4 Å². The molecule has 0 spiro atoms. The Morgan fingerprint density at radius 1 is 1.44 bits per heavy atom. The Bertz CT molecular complexity index is 525. The molecule has 0 aliphatic rings. The molecule has 0 saturated heterocycles. The molecule has 0 unspecified atom stereocenters. The summed E-state index contributed by atoms with van der Waals surface area (Å²) in [6.07, 6.45) is 3.50. The van der Waals surface area contributed by atoms with Crippen LogP contribution in [-0.4, -0.2) is 16.3 Å². The van der Waals surface area contributed by atoms with E-state index in [4.69, 9.17) is 16.3 Å². The fourth-order valence-corrected chi connectivity index (χ4v) is 1.87. The van der Waals surface area contributed by atoms with Crippen molar-refractivity contribution < 1.29 is 4.74 Å². The third-order valence-electron chi connectivity index (χ3n) is 2.54. The normalized spacial score (nSPS) is 10.6. The molecule has 0 aliphatic heterocycles. The molecule has 0 saturated carbocycles. The van der Waals surface area contributed by atoms with Crippen molar-refractivity contribution in [2.24, 2.45) is 7.05 Å². The van der Waals surface area contributed by atoms with Gasteiger partial charge in [-0.15, -0.1) is 0 Å². The Kier molecular flexibility index (Phi) is 4.23. The number of aromatic nitrogens is 2. The van der Waals surface area contributed by atoms with Gasteiger partial charge in [0.25, 0.3) is 0 Å². The van der Waals surface area contributed by atoms with Gasteiger partial charge in [-0.3, -0.25) is 4.68 Å². The number of benzene rings is 1. The van der Waals surface area contributed by atoms with Gasteiger partial charge in [0.1, 0.15) is 5.75 Å². The van der Waals surface area contributed by atoms with E-state index in [1.165, 1.54) is 0 Å². The van der Waals surface area contributed by atoms with Gasteiger partial charge in [-0.1, -0.05) is 24.6 Å². The molecule has 2 rings (SSSR count). The minimum atomic E-state index is 0.686. The first kappa shape index (κ1) is 12.9. The number of nitrogens with one attached hydrogen (secondary N) is 1. The molecule has 2 aromatic rings. The number of ether oxygens (including phenoxy) is 1. The maximum absolute atomic E-state index is 6.20. The standard InChI is InChI=1S/C13H16ClN3O/c1-3-15-8-11-12(14)5-4-6-13(11)18-10-7-16-17(2)9-10/h4-7,9,15H,3,8H2,1-2H3. The number of nitrogens with zero attached hydrogens (tertiary/aromatic N) is 2. The second kappa shape index (κ2) is 5.89. The molecule has 0 amide bonds. The highest BCUT2D eigenvalue weighted by molar-refractivity contribution is 6.31. The van der Waals surface area contributed by atoms with Crippen LogP contribution >= 0.6 is 11.6 Å². The van der Waals surface area contributed by atoms with Crippen LogP contribution < -0.4 is 10.1 Å². The van der Waals surface area contributed by atoms with Gasteiger partial charge in [-0.25, -0.2) is 0 Å². The summed E-state index contributed by atoms with van der Waals surface area (Å²) < 4.78 is 7.50. The van der Waals surface area contributed by atoms with Crippen molar-refractivity contribution in [1.29, 1.82) is 0 Å². The van der Waals surface area contributed by atoms with E-state index in [2.05, 4.69) is 17.3 Å². The Labute approximate surface area is 112 Å². The fourth-order valence-electron chi connectivity index (χ4n) is 1.63. The van der Waals surface area contributed by atoms with Crippen LogP contribution in [0.5, 0.6) is 11.5 Å². The SMILES string of the molecule is CCNCc1c(Cl)cccc1Oc1cnn(C)c1. The highest BCUT2D eigenvalue weighted by Crippen LogP contribution is 2.30. The lowest BCUT2D eigenvalue weighted by molar-refractivity contribution is 0.472. The summed E-state index contributed by atoms with van der Waals surface area (Å²) in [6.45, 7) is 3.63. The quantitative estimate of drug-likeness (QED) is 0.903. The molecular weight excluding hydrogens is 250 g/mol. The smallest absolute Gasteiger partial charge is 0.165 e. The molecule has 1 aromatic carbocycles. The Hall–Kier alpha value is -1.52. The predicted octanol–water partition coefficient (Wildman–Crippen LogP) is 2.98. The van der Waals surface area contributed by atoms with Crippen LogP contribution in [0.25, 0.3) is 0 Å². The van der Waals surface area contributed by atoms with E-state index >= 15 is 0 Å². The van der Waals surface area contributed by atoms with Crippen LogP contribution in [0.3, 0.4) is 0 Å². The zero-order valence-corrected chi connectivity index (χ0v) is 11.2. The van der Waals surface area contributed by atoms with Gasteiger partial charge in [0.2, 0.25) is 0 Å². The Balaban J connectivity index is 2.23. The maximum atomic E-state index is 6.20. The van der Waals surface area contributed by atoms with Crippen LogP contribution in [0.1, 0.15) is 12.5 Å². The van der Waals surface area contributed by atoms with Crippen LogP contribution in [0, 0.1) is 0 Å². The molecule has 18 heavy (non-hydrogen) atoms.